The molecule has 2 aromatic rings. The van der Waals surface area contributed by atoms with E-state index >= 15 is 0 Å². The van der Waals surface area contributed by atoms with Gasteiger partial charge in [0.05, 0.1) is 0 Å². The maximum absolute atomic E-state index is 12.5. The fourth-order valence-electron chi connectivity index (χ4n) is 2.93. The summed E-state index contributed by atoms with van der Waals surface area (Å²) in [5, 5.41) is 2.21. The Morgan fingerprint density at radius 1 is 1.05 bits per heavy atom. The molecule has 3 N–H and O–H groups in total. The highest BCUT2D eigenvalue weighted by molar-refractivity contribution is 5.98. The molecule has 0 spiro atoms. The van der Waals surface area contributed by atoms with E-state index in [1.54, 1.807) is 0 Å². The van der Waals surface area contributed by atoms with E-state index < -0.39 is 18.0 Å². The highest BCUT2D eigenvalue weighted by Gasteiger charge is 2.32. The minimum Gasteiger partial charge on any atom is -0.355 e. The molecule has 1 aliphatic heterocycles. The van der Waals surface area contributed by atoms with Crippen LogP contribution < -0.4 is 16.0 Å². The third-order valence-electron chi connectivity index (χ3n) is 3.84. The molecule has 0 saturated carbocycles. The molecule has 1 aliphatic rings. The van der Waals surface area contributed by atoms with Gasteiger partial charge < -0.3 is 10.6 Å². The van der Waals surface area contributed by atoms with E-state index in [4.69, 9.17) is 5.73 Å². The molecule has 3 rings (SSSR count). The van der Waals surface area contributed by atoms with Crippen LogP contribution in [-0.4, -0.2) is 18.5 Å². The molecule has 1 atom stereocenters. The number of rotatable bonds is 3. The van der Waals surface area contributed by atoms with Crippen LogP contribution in [0, 0.1) is 0 Å². The summed E-state index contributed by atoms with van der Waals surface area (Å²) < 4.78 is 0. The summed E-state index contributed by atoms with van der Waals surface area (Å²) in [4.78, 5) is 25.6. The molecule has 0 bridgehead atoms. The van der Waals surface area contributed by atoms with Crippen molar-refractivity contribution < 1.29 is 9.59 Å². The number of hydrogen-bond donors (Lipinski definition) is 2. The van der Waals surface area contributed by atoms with Crippen LogP contribution in [0.1, 0.15) is 17.2 Å². The number of nitrogens with two attached hydrogens (primary N) is 1. The van der Waals surface area contributed by atoms with Crippen LogP contribution in [0.4, 0.5) is 10.5 Å². The normalized spacial score (nSPS) is 14.3. The average molecular weight is 295 g/mol. The van der Waals surface area contributed by atoms with Crippen molar-refractivity contribution >= 4 is 17.6 Å². The smallest absolute Gasteiger partial charge is 0.318 e. The van der Waals surface area contributed by atoms with Crippen molar-refractivity contribution in [3.05, 3.63) is 65.7 Å². The molecule has 3 amide bonds. The Kier molecular flexibility index (Phi) is 3.78. The molecule has 5 heteroatoms. The number of anilines is 1. The topological polar surface area (TPSA) is 75.4 Å². The molecule has 0 aliphatic carbocycles. The van der Waals surface area contributed by atoms with Crippen molar-refractivity contribution in [2.75, 3.05) is 11.4 Å². The van der Waals surface area contributed by atoms with Crippen LogP contribution in [0.5, 0.6) is 0 Å². The van der Waals surface area contributed by atoms with Crippen molar-refractivity contribution in [2.24, 2.45) is 5.73 Å². The number of benzene rings is 2. The standard InChI is InChI=1S/C17H17N3O2/c18-17(22)19-16(21)15(13-7-2-1-3-8-13)20-11-10-12-6-4-5-9-14(12)20/h1-9,15H,10-11H2,(H3,18,19,21,22)/t15-/m1/s1. The quantitative estimate of drug-likeness (QED) is 0.909. The summed E-state index contributed by atoms with van der Waals surface area (Å²) in [5.74, 6) is -0.407. The fraction of sp³-hybridized carbons (Fsp3) is 0.176. The van der Waals surface area contributed by atoms with Crippen LogP contribution in [0.25, 0.3) is 0 Å². The third-order valence-corrected chi connectivity index (χ3v) is 3.84. The van der Waals surface area contributed by atoms with Crippen LogP contribution in [0.3, 0.4) is 0 Å². The maximum atomic E-state index is 12.5. The third kappa shape index (κ3) is 2.65. The Labute approximate surface area is 128 Å². The second-order valence-corrected chi connectivity index (χ2v) is 5.24. The Morgan fingerprint density at radius 2 is 1.73 bits per heavy atom. The minimum atomic E-state index is -0.835. The molecule has 22 heavy (non-hydrogen) atoms. The van der Waals surface area contributed by atoms with Crippen LogP contribution in [0.15, 0.2) is 54.6 Å². The summed E-state index contributed by atoms with van der Waals surface area (Å²) in [5.41, 5.74) is 8.17. The summed E-state index contributed by atoms with van der Waals surface area (Å²) in [6.45, 7) is 0.727. The highest BCUT2D eigenvalue weighted by atomic mass is 16.2. The SMILES string of the molecule is NC(=O)NC(=O)[C@@H](c1ccccc1)N1CCc2ccccc21. The van der Waals surface area contributed by atoms with Crippen LogP contribution in [0.2, 0.25) is 0 Å². The lowest BCUT2D eigenvalue weighted by atomic mass is 10.0. The Balaban J connectivity index is 2.00. The lowest BCUT2D eigenvalue weighted by Crippen LogP contribution is -2.44. The number of para-hydroxylation sites is 1. The predicted octanol–water partition coefficient (Wildman–Crippen LogP) is 1.99. The van der Waals surface area contributed by atoms with Gasteiger partial charge in [-0.25, -0.2) is 4.79 Å². The Morgan fingerprint density at radius 3 is 2.45 bits per heavy atom. The van der Waals surface area contributed by atoms with Gasteiger partial charge in [0.15, 0.2) is 0 Å². The molecular weight excluding hydrogens is 278 g/mol. The van der Waals surface area contributed by atoms with E-state index in [0.29, 0.717) is 0 Å². The predicted molar refractivity (Wildman–Crippen MR) is 84.4 cm³/mol. The van der Waals surface area contributed by atoms with Crippen molar-refractivity contribution in [1.29, 1.82) is 0 Å². The zero-order valence-corrected chi connectivity index (χ0v) is 12.0. The van der Waals surface area contributed by atoms with Crippen molar-refractivity contribution in [3.63, 3.8) is 0 Å². The average Bonchev–Trinajstić information content (AvgIpc) is 2.92. The van der Waals surface area contributed by atoms with E-state index in [2.05, 4.69) is 11.4 Å². The van der Waals surface area contributed by atoms with Gasteiger partial charge in [-0.1, -0.05) is 48.5 Å². The van der Waals surface area contributed by atoms with Gasteiger partial charge in [0.2, 0.25) is 0 Å². The number of urea groups is 1. The summed E-state index contributed by atoms with van der Waals surface area (Å²) >= 11 is 0. The van der Waals surface area contributed by atoms with Gasteiger partial charge in [-0.2, -0.15) is 0 Å². The van der Waals surface area contributed by atoms with Gasteiger partial charge in [0.1, 0.15) is 6.04 Å². The van der Waals surface area contributed by atoms with Crippen LogP contribution >= 0.6 is 0 Å². The Bertz CT molecular complexity index is 700. The second kappa shape index (κ2) is 5.89. The zero-order chi connectivity index (χ0) is 15.5. The van der Waals surface area contributed by atoms with Gasteiger partial charge in [-0.3, -0.25) is 10.1 Å². The number of amides is 3. The lowest BCUT2D eigenvalue weighted by molar-refractivity contribution is -0.121. The zero-order valence-electron chi connectivity index (χ0n) is 12.0. The molecule has 0 saturated heterocycles. The molecule has 112 valence electrons. The van der Waals surface area contributed by atoms with Crippen molar-refractivity contribution in [2.45, 2.75) is 12.5 Å². The van der Waals surface area contributed by atoms with Gasteiger partial charge >= 0.3 is 6.03 Å². The fourth-order valence-corrected chi connectivity index (χ4v) is 2.93. The number of nitrogens with one attached hydrogen (secondary N) is 1. The number of carbonyl (C=O) groups is 2. The molecule has 1 heterocycles. The van der Waals surface area contributed by atoms with Crippen molar-refractivity contribution in [1.82, 2.24) is 5.32 Å². The van der Waals surface area contributed by atoms with Crippen molar-refractivity contribution in [3.8, 4) is 0 Å². The number of carbonyl (C=O) groups excluding carboxylic acids is 2. The summed E-state index contributed by atoms with van der Waals surface area (Å²) in [6, 6.07) is 16.0. The van der Waals surface area contributed by atoms with Gasteiger partial charge in [0.25, 0.3) is 5.91 Å². The summed E-state index contributed by atoms with van der Waals surface area (Å²) in [6.07, 6.45) is 0.878. The number of hydrogen-bond acceptors (Lipinski definition) is 3. The highest BCUT2D eigenvalue weighted by Crippen LogP contribution is 2.35. The molecule has 0 unspecified atom stereocenters. The number of fused-ring (bicyclic) bond motifs is 1. The molecule has 5 nitrogen and oxygen atoms in total. The Hall–Kier alpha value is -2.82. The van der Waals surface area contributed by atoms with Gasteiger partial charge in [0, 0.05) is 12.2 Å². The van der Waals surface area contributed by atoms with E-state index in [-0.39, 0.29) is 0 Å². The first-order chi connectivity index (χ1) is 10.7. The molecule has 0 fully saturated rings. The second-order valence-electron chi connectivity index (χ2n) is 5.24. The number of primary amides is 1. The first kappa shape index (κ1) is 14.1. The van der Waals surface area contributed by atoms with E-state index in [1.807, 2.05) is 53.4 Å². The first-order valence-electron chi connectivity index (χ1n) is 7.16. The van der Waals surface area contributed by atoms with E-state index in [0.717, 1.165) is 24.2 Å². The van der Waals surface area contributed by atoms with Gasteiger partial charge in [-0.05, 0) is 23.6 Å². The van der Waals surface area contributed by atoms with E-state index in [1.165, 1.54) is 5.56 Å². The lowest BCUT2D eigenvalue weighted by Gasteiger charge is -2.29. The number of imide groups is 1. The van der Waals surface area contributed by atoms with Gasteiger partial charge in [-0.15, -0.1) is 0 Å². The van der Waals surface area contributed by atoms with E-state index in [9.17, 15) is 9.59 Å². The summed E-state index contributed by atoms with van der Waals surface area (Å²) in [7, 11) is 0. The maximum Gasteiger partial charge on any atom is 0.318 e. The monoisotopic (exact) mass is 295 g/mol. The van der Waals surface area contributed by atoms with Crippen LogP contribution in [-0.2, 0) is 11.2 Å². The molecular formula is C17H17N3O2. The molecule has 2 aromatic carbocycles. The first-order valence-corrected chi connectivity index (χ1v) is 7.16. The molecule has 0 aromatic heterocycles. The molecule has 0 radical (unpaired) electrons. The number of nitrogens with zero attached hydrogens (tertiary/aromatic N) is 1. The minimum absolute atomic E-state index is 0.407. The largest absolute Gasteiger partial charge is 0.355 e.